The van der Waals surface area contributed by atoms with E-state index < -0.39 is 17.7 Å². The highest BCUT2D eigenvalue weighted by molar-refractivity contribution is 8.76. The van der Waals surface area contributed by atoms with E-state index in [1.54, 1.807) is 6.07 Å². The van der Waals surface area contributed by atoms with Crippen LogP contribution in [0.2, 0.25) is 0 Å². The fraction of sp³-hybridized carbons (Fsp3) is 0.250. The van der Waals surface area contributed by atoms with Gasteiger partial charge in [0.15, 0.2) is 0 Å². The molecule has 1 aromatic rings. The molecule has 0 atom stereocenters. The Kier molecular flexibility index (Phi) is 4.12. The van der Waals surface area contributed by atoms with Crippen LogP contribution in [0.15, 0.2) is 29.2 Å². The zero-order chi connectivity index (χ0) is 10.6. The predicted octanol–water partition coefficient (Wildman–Crippen LogP) is 4.13. The Morgan fingerprint density at radius 3 is 2.36 bits per heavy atom. The highest BCUT2D eigenvalue weighted by Crippen LogP contribution is 2.36. The molecule has 6 heteroatoms. The van der Waals surface area contributed by atoms with Gasteiger partial charge in [0, 0.05) is 0 Å². The van der Waals surface area contributed by atoms with Gasteiger partial charge >= 0.3 is 6.18 Å². The van der Waals surface area contributed by atoms with E-state index in [-0.39, 0.29) is 4.90 Å². The van der Waals surface area contributed by atoms with Crippen molar-refractivity contribution in [3.05, 3.63) is 30.1 Å². The van der Waals surface area contributed by atoms with E-state index in [0.717, 1.165) is 10.8 Å². The summed E-state index contributed by atoms with van der Waals surface area (Å²) in [5, 5.41) is 0. The Labute approximate surface area is 86.5 Å². The lowest BCUT2D eigenvalue weighted by molar-refractivity contribution is -0.104. The maximum absolute atomic E-state index is 12.9. The maximum Gasteiger partial charge on any atom is 0.398 e. The van der Waals surface area contributed by atoms with Gasteiger partial charge in [0.2, 0.25) is 0 Å². The van der Waals surface area contributed by atoms with Crippen molar-refractivity contribution in [3.8, 4) is 0 Å². The average molecular weight is 242 g/mol. The maximum atomic E-state index is 12.9. The zero-order valence-corrected chi connectivity index (χ0v) is 8.48. The number of hydrogen-bond donors (Lipinski definition) is 0. The molecule has 0 fully saturated rings. The van der Waals surface area contributed by atoms with Crippen molar-refractivity contribution in [3.63, 3.8) is 0 Å². The summed E-state index contributed by atoms with van der Waals surface area (Å²) in [4.78, 5) is 0.224. The molecule has 0 aromatic heterocycles. The Bertz CT molecular complexity index is 298. The average Bonchev–Trinajstić information content (AvgIpc) is 2.06. The molecule has 0 spiro atoms. The minimum Gasteiger partial charge on any atom is -0.206 e. The SMILES string of the molecule is Fc1ccccc1SSCC(F)(F)F. The molecule has 0 saturated heterocycles. The Morgan fingerprint density at radius 2 is 1.79 bits per heavy atom. The topological polar surface area (TPSA) is 0 Å². The standard InChI is InChI=1S/C8H6F4S2/c9-6-3-1-2-4-7(6)14-13-5-8(10,11)12/h1-4H,5H2. The fourth-order valence-electron chi connectivity index (χ4n) is 0.672. The molecule has 0 radical (unpaired) electrons. The number of hydrogen-bond acceptors (Lipinski definition) is 2. The summed E-state index contributed by atoms with van der Waals surface area (Å²) < 4.78 is 48.1. The molecule has 1 rings (SSSR count). The lowest BCUT2D eigenvalue weighted by Crippen LogP contribution is -2.09. The third-order valence-electron chi connectivity index (χ3n) is 1.21. The molecule has 0 saturated carbocycles. The van der Waals surface area contributed by atoms with Crippen molar-refractivity contribution < 1.29 is 17.6 Å². The molecule has 1 aromatic carbocycles. The van der Waals surface area contributed by atoms with Crippen LogP contribution in [0.5, 0.6) is 0 Å². The molecule has 0 aliphatic rings. The van der Waals surface area contributed by atoms with Crippen LogP contribution in [0.25, 0.3) is 0 Å². The molecule has 0 unspecified atom stereocenters. The van der Waals surface area contributed by atoms with Gasteiger partial charge in [0.25, 0.3) is 0 Å². The summed E-state index contributed by atoms with van der Waals surface area (Å²) >= 11 is 0. The summed E-state index contributed by atoms with van der Waals surface area (Å²) in [5.41, 5.74) is 0. The largest absolute Gasteiger partial charge is 0.398 e. The van der Waals surface area contributed by atoms with E-state index in [0.29, 0.717) is 10.8 Å². The van der Waals surface area contributed by atoms with Crippen molar-refractivity contribution in [2.24, 2.45) is 0 Å². The molecule has 0 heterocycles. The molecule has 0 amide bonds. The van der Waals surface area contributed by atoms with Gasteiger partial charge in [-0.05, 0) is 12.1 Å². The van der Waals surface area contributed by atoms with Crippen molar-refractivity contribution >= 4 is 21.6 Å². The van der Waals surface area contributed by atoms with Gasteiger partial charge < -0.3 is 0 Å². The van der Waals surface area contributed by atoms with E-state index in [2.05, 4.69) is 0 Å². The molecule has 0 bridgehead atoms. The molecule has 0 aliphatic carbocycles. The molecule has 0 nitrogen and oxygen atoms in total. The Hall–Kier alpha value is -0.360. The van der Waals surface area contributed by atoms with E-state index >= 15 is 0 Å². The van der Waals surface area contributed by atoms with Crippen molar-refractivity contribution in [1.82, 2.24) is 0 Å². The first-order valence-corrected chi connectivity index (χ1v) is 5.92. The van der Waals surface area contributed by atoms with Crippen molar-refractivity contribution in [1.29, 1.82) is 0 Å². The monoisotopic (exact) mass is 242 g/mol. The minimum absolute atomic E-state index is 0.224. The van der Waals surface area contributed by atoms with Gasteiger partial charge in [-0.3, -0.25) is 0 Å². The van der Waals surface area contributed by atoms with Crippen LogP contribution in [0.3, 0.4) is 0 Å². The van der Waals surface area contributed by atoms with Crippen molar-refractivity contribution in [2.45, 2.75) is 11.1 Å². The van der Waals surface area contributed by atoms with Crippen molar-refractivity contribution in [2.75, 3.05) is 5.75 Å². The highest BCUT2D eigenvalue weighted by Gasteiger charge is 2.27. The van der Waals surface area contributed by atoms with E-state index in [9.17, 15) is 17.6 Å². The summed E-state index contributed by atoms with van der Waals surface area (Å²) in [6.07, 6.45) is -4.21. The summed E-state index contributed by atoms with van der Waals surface area (Å²) in [6, 6.07) is 5.74. The van der Waals surface area contributed by atoms with Crippen LogP contribution in [-0.2, 0) is 0 Å². The molecule has 0 aliphatic heterocycles. The van der Waals surface area contributed by atoms with Crippen LogP contribution < -0.4 is 0 Å². The third-order valence-corrected chi connectivity index (χ3v) is 3.53. The number of alkyl halides is 3. The van der Waals surface area contributed by atoms with Gasteiger partial charge in [0.05, 0.1) is 4.90 Å². The smallest absolute Gasteiger partial charge is 0.206 e. The third kappa shape index (κ3) is 4.23. The van der Waals surface area contributed by atoms with Gasteiger partial charge in [0.1, 0.15) is 11.6 Å². The van der Waals surface area contributed by atoms with Gasteiger partial charge in [-0.1, -0.05) is 33.7 Å². The Morgan fingerprint density at radius 1 is 1.14 bits per heavy atom. The lowest BCUT2D eigenvalue weighted by atomic mass is 10.4. The lowest BCUT2D eigenvalue weighted by Gasteiger charge is -2.05. The minimum atomic E-state index is -4.21. The molecule has 78 valence electrons. The normalized spacial score (nSPS) is 11.7. The van der Waals surface area contributed by atoms with Crippen LogP contribution in [0.1, 0.15) is 0 Å². The predicted molar refractivity (Wildman–Crippen MR) is 50.8 cm³/mol. The molecule has 0 N–H and O–H groups in total. The molecular weight excluding hydrogens is 236 g/mol. The summed E-state index contributed by atoms with van der Waals surface area (Å²) in [6.45, 7) is 0. The van der Waals surface area contributed by atoms with Crippen LogP contribution in [0, 0.1) is 5.82 Å². The number of benzene rings is 1. The van der Waals surface area contributed by atoms with Crippen LogP contribution >= 0.6 is 21.6 Å². The van der Waals surface area contributed by atoms with E-state index in [1.165, 1.54) is 18.2 Å². The second kappa shape index (κ2) is 4.93. The summed E-state index contributed by atoms with van der Waals surface area (Å²) in [5.74, 6) is -1.47. The highest BCUT2D eigenvalue weighted by atomic mass is 33.1. The Balaban J connectivity index is 2.43. The van der Waals surface area contributed by atoms with Crippen LogP contribution in [0.4, 0.5) is 17.6 Å². The first-order chi connectivity index (χ1) is 6.49. The fourth-order valence-corrected chi connectivity index (χ4v) is 2.64. The second-order valence-corrected chi connectivity index (χ2v) is 4.73. The van der Waals surface area contributed by atoms with E-state index in [1.807, 2.05) is 0 Å². The van der Waals surface area contributed by atoms with Crippen LogP contribution in [-0.4, -0.2) is 11.9 Å². The summed E-state index contributed by atoms with van der Waals surface area (Å²) in [7, 11) is 1.37. The van der Waals surface area contributed by atoms with Gasteiger partial charge in [-0.2, -0.15) is 13.2 Å². The number of rotatable bonds is 3. The van der Waals surface area contributed by atoms with Gasteiger partial charge in [-0.25, -0.2) is 4.39 Å². The quantitative estimate of drug-likeness (QED) is 0.577. The molecule has 14 heavy (non-hydrogen) atoms. The first kappa shape index (κ1) is 11.7. The van der Waals surface area contributed by atoms with E-state index in [4.69, 9.17) is 0 Å². The second-order valence-electron chi connectivity index (χ2n) is 2.39. The van der Waals surface area contributed by atoms with Gasteiger partial charge in [-0.15, -0.1) is 0 Å². The first-order valence-electron chi connectivity index (χ1n) is 3.60. The number of halogens is 4. The zero-order valence-electron chi connectivity index (χ0n) is 6.84. The molecular formula is C8H6F4S2.